The maximum Gasteiger partial charge on any atom is 0.257 e. The van der Waals surface area contributed by atoms with Gasteiger partial charge in [-0.1, -0.05) is 12.1 Å². The lowest BCUT2D eigenvalue weighted by Gasteiger charge is -2.38. The largest absolute Gasteiger partial charge is 0.349 e. The summed E-state index contributed by atoms with van der Waals surface area (Å²) in [6.45, 7) is 11.8. The predicted octanol–water partition coefficient (Wildman–Crippen LogP) is 2.46. The third-order valence-electron chi connectivity index (χ3n) is 9.35. The van der Waals surface area contributed by atoms with Crippen LogP contribution in [0.1, 0.15) is 52.4 Å². The zero-order valence-electron chi connectivity index (χ0n) is 25.7. The number of amides is 3. The average molecular weight is 603 g/mol. The molecule has 1 aromatic carbocycles. The van der Waals surface area contributed by atoms with Gasteiger partial charge >= 0.3 is 0 Å². The van der Waals surface area contributed by atoms with Crippen molar-refractivity contribution in [2.45, 2.75) is 40.2 Å². The molecule has 3 fully saturated rings. The zero-order chi connectivity index (χ0) is 31.1. The fourth-order valence-electron chi connectivity index (χ4n) is 6.83. The van der Waals surface area contributed by atoms with Gasteiger partial charge in [0.15, 0.2) is 5.82 Å². The van der Waals surface area contributed by atoms with Gasteiger partial charge in [0.1, 0.15) is 5.82 Å². The molecule has 1 N–H and O–H groups in total. The van der Waals surface area contributed by atoms with Crippen LogP contribution in [0.5, 0.6) is 0 Å². The van der Waals surface area contributed by atoms with E-state index in [2.05, 4.69) is 25.5 Å². The van der Waals surface area contributed by atoms with Gasteiger partial charge in [0.25, 0.3) is 5.91 Å². The summed E-state index contributed by atoms with van der Waals surface area (Å²) in [5.41, 5.74) is 3.60. The van der Waals surface area contributed by atoms with Gasteiger partial charge in [0.05, 0.1) is 34.6 Å². The van der Waals surface area contributed by atoms with Gasteiger partial charge in [-0.25, -0.2) is 9.07 Å². The van der Waals surface area contributed by atoms with Gasteiger partial charge in [-0.15, -0.1) is 5.10 Å². The molecule has 0 radical (unpaired) electrons. The summed E-state index contributed by atoms with van der Waals surface area (Å²) in [5, 5.41) is 16.1. The Labute approximate surface area is 256 Å². The van der Waals surface area contributed by atoms with E-state index in [4.69, 9.17) is 0 Å². The number of carbonyl (C=O) groups excluding carboxylic acids is 3. The van der Waals surface area contributed by atoms with E-state index in [9.17, 15) is 18.8 Å². The first-order valence-electron chi connectivity index (χ1n) is 15.3. The van der Waals surface area contributed by atoms with Crippen LogP contribution in [-0.2, 0) is 9.59 Å². The minimum Gasteiger partial charge on any atom is -0.349 e. The molecular formula is C32H39FN8O3. The van der Waals surface area contributed by atoms with Gasteiger partial charge in [0, 0.05) is 52.7 Å². The van der Waals surface area contributed by atoms with Gasteiger partial charge in [-0.3, -0.25) is 14.4 Å². The van der Waals surface area contributed by atoms with E-state index in [0.717, 1.165) is 36.6 Å². The monoisotopic (exact) mass is 602 g/mol. The number of nitrogens with one attached hydrogen (secondary N) is 1. The van der Waals surface area contributed by atoms with E-state index in [-0.39, 0.29) is 35.5 Å². The van der Waals surface area contributed by atoms with E-state index in [1.54, 1.807) is 15.6 Å². The summed E-state index contributed by atoms with van der Waals surface area (Å²) >= 11 is 0. The molecule has 0 spiro atoms. The van der Waals surface area contributed by atoms with Crippen molar-refractivity contribution < 1.29 is 18.8 Å². The number of likely N-dealkylation sites (tertiary alicyclic amines) is 3. The van der Waals surface area contributed by atoms with Crippen molar-refractivity contribution in [2.24, 2.45) is 17.8 Å². The zero-order valence-corrected chi connectivity index (χ0v) is 25.7. The Hall–Kier alpha value is -4.19. The van der Waals surface area contributed by atoms with Crippen LogP contribution in [-0.4, -0.2) is 98.2 Å². The third kappa shape index (κ3) is 5.95. The van der Waals surface area contributed by atoms with Crippen molar-refractivity contribution >= 4 is 17.7 Å². The van der Waals surface area contributed by atoms with Crippen molar-refractivity contribution in [3.8, 4) is 5.82 Å². The fraction of sp³-hybridized carbons (Fsp3) is 0.500. The topological polar surface area (TPSA) is 117 Å². The molecule has 0 saturated carbocycles. The van der Waals surface area contributed by atoms with Gasteiger partial charge in [-0.2, -0.15) is 10.2 Å². The van der Waals surface area contributed by atoms with E-state index in [1.165, 1.54) is 19.1 Å². The smallest absolute Gasteiger partial charge is 0.257 e. The second kappa shape index (κ2) is 12.1. The molecule has 2 aromatic heterocycles. The van der Waals surface area contributed by atoms with Gasteiger partial charge < -0.3 is 20.0 Å². The van der Waals surface area contributed by atoms with Crippen LogP contribution in [0.3, 0.4) is 0 Å². The molecule has 3 atom stereocenters. The number of halogens is 1. The molecule has 12 heteroatoms. The quantitative estimate of drug-likeness (QED) is 0.421. The molecule has 3 unspecified atom stereocenters. The summed E-state index contributed by atoms with van der Waals surface area (Å²) < 4.78 is 15.8. The van der Waals surface area contributed by atoms with Crippen LogP contribution >= 0.6 is 0 Å². The third-order valence-corrected chi connectivity index (χ3v) is 9.35. The molecule has 3 aliphatic rings. The number of hydrogen-bond acceptors (Lipinski definition) is 7. The van der Waals surface area contributed by atoms with E-state index < -0.39 is 0 Å². The molecule has 5 heterocycles. The van der Waals surface area contributed by atoms with Crippen molar-refractivity contribution in [3.63, 3.8) is 0 Å². The first-order chi connectivity index (χ1) is 21.1. The fourth-order valence-corrected chi connectivity index (χ4v) is 6.83. The highest BCUT2D eigenvalue weighted by Gasteiger charge is 2.43. The van der Waals surface area contributed by atoms with Crippen LogP contribution in [0.4, 0.5) is 4.39 Å². The molecule has 3 aromatic rings. The second-order valence-corrected chi connectivity index (χ2v) is 12.5. The summed E-state index contributed by atoms with van der Waals surface area (Å²) in [6, 6.07) is 9.79. The summed E-state index contributed by atoms with van der Waals surface area (Å²) in [7, 11) is 0. The van der Waals surface area contributed by atoms with Crippen LogP contribution < -0.4 is 5.32 Å². The maximum atomic E-state index is 14.1. The first kappa shape index (κ1) is 29.9. The van der Waals surface area contributed by atoms with E-state index >= 15 is 0 Å². The number of rotatable bonds is 8. The van der Waals surface area contributed by atoms with Crippen LogP contribution in [0.2, 0.25) is 0 Å². The number of hydrogen-bond donors (Lipinski definition) is 1. The summed E-state index contributed by atoms with van der Waals surface area (Å²) in [6.07, 6.45) is 0.639. The molecule has 3 amide bonds. The molecular weight excluding hydrogens is 563 g/mol. The molecule has 0 aliphatic carbocycles. The Bertz CT molecular complexity index is 1550. The Morgan fingerprint density at radius 1 is 0.955 bits per heavy atom. The maximum absolute atomic E-state index is 14.1. The Balaban J connectivity index is 1.06. The molecule has 6 rings (SSSR count). The lowest BCUT2D eigenvalue weighted by atomic mass is 9.97. The van der Waals surface area contributed by atoms with E-state index in [0.29, 0.717) is 61.5 Å². The molecule has 3 saturated heterocycles. The minimum atomic E-state index is -0.337. The number of fused-ring (bicyclic) bond motifs is 1. The average Bonchev–Trinajstić information content (AvgIpc) is 3.61. The van der Waals surface area contributed by atoms with Crippen molar-refractivity contribution in [1.82, 2.24) is 40.0 Å². The Kier molecular flexibility index (Phi) is 8.19. The molecule has 0 bridgehead atoms. The van der Waals surface area contributed by atoms with Crippen molar-refractivity contribution in [1.29, 1.82) is 0 Å². The predicted molar refractivity (Wildman–Crippen MR) is 160 cm³/mol. The number of aryl methyl sites for hydroxylation is 2. The number of carbonyl (C=O) groups is 3. The summed E-state index contributed by atoms with van der Waals surface area (Å²) in [4.78, 5) is 44.2. The normalized spacial score (nSPS) is 20.8. The number of nitrogens with zero attached hydrogens (tertiary/aromatic N) is 7. The SMILES string of the molecule is CC(=O)N1CC(C(=O)NC(CCN2CC3CN(C(=O)c4c(C)nn(-c5ccc(C)nn5)c4C)CC3C2)c2cccc(F)c2)C1. The highest BCUT2D eigenvalue weighted by molar-refractivity contribution is 5.96. The molecule has 44 heavy (non-hydrogen) atoms. The Morgan fingerprint density at radius 3 is 2.32 bits per heavy atom. The number of aromatic nitrogens is 4. The van der Waals surface area contributed by atoms with Crippen LogP contribution in [0, 0.1) is 44.3 Å². The minimum absolute atomic E-state index is 0.000449. The van der Waals surface area contributed by atoms with Gasteiger partial charge in [0.2, 0.25) is 11.8 Å². The Morgan fingerprint density at radius 2 is 1.68 bits per heavy atom. The number of benzene rings is 1. The lowest BCUT2D eigenvalue weighted by Crippen LogP contribution is -2.55. The van der Waals surface area contributed by atoms with Gasteiger partial charge in [-0.05, 0) is 68.9 Å². The van der Waals surface area contributed by atoms with E-state index in [1.807, 2.05) is 43.9 Å². The highest BCUT2D eigenvalue weighted by atomic mass is 19.1. The van der Waals surface area contributed by atoms with Crippen LogP contribution in [0.15, 0.2) is 36.4 Å². The lowest BCUT2D eigenvalue weighted by molar-refractivity contribution is -0.141. The summed E-state index contributed by atoms with van der Waals surface area (Å²) in [5.74, 6) is 0.605. The highest BCUT2D eigenvalue weighted by Crippen LogP contribution is 2.33. The molecule has 232 valence electrons. The second-order valence-electron chi connectivity index (χ2n) is 12.5. The van der Waals surface area contributed by atoms with Crippen molar-refractivity contribution in [3.05, 3.63) is 70.4 Å². The standard InChI is InChI=1S/C32H39FN8O3/c1-19-8-9-29(36-35-19)41-21(3)30(20(2)37-41)32(44)40-15-24-13-38(14-25(24)16-40)11-10-28(23-6-5-7-27(33)12-23)34-31(43)26-17-39(18-26)22(4)42/h5-9,12,24-26,28H,10-11,13-18H2,1-4H3,(H,34,43). The van der Waals surface area contributed by atoms with Crippen molar-refractivity contribution in [2.75, 3.05) is 45.8 Å². The first-order valence-corrected chi connectivity index (χ1v) is 15.3. The van der Waals surface area contributed by atoms with Crippen LogP contribution in [0.25, 0.3) is 5.82 Å². The molecule has 11 nitrogen and oxygen atoms in total. The molecule has 3 aliphatic heterocycles.